The van der Waals surface area contributed by atoms with E-state index in [2.05, 4.69) is 14.1 Å². The number of aromatic nitrogens is 2. The lowest BCUT2D eigenvalue weighted by atomic mass is 10.1. The normalized spacial score (nSPS) is 10.5. The first-order valence-electron chi connectivity index (χ1n) is 7.44. The highest BCUT2D eigenvalue weighted by Crippen LogP contribution is 2.21. The van der Waals surface area contributed by atoms with Gasteiger partial charge in [0.1, 0.15) is 16.8 Å². The van der Waals surface area contributed by atoms with Crippen molar-refractivity contribution in [1.82, 2.24) is 8.75 Å². The smallest absolute Gasteiger partial charge is 0.262 e. The maximum absolute atomic E-state index is 12.0. The largest absolute Gasteiger partial charge is 0.484 e. The van der Waals surface area contributed by atoms with Gasteiger partial charge in [0, 0.05) is 12.0 Å². The molecule has 0 radical (unpaired) electrons. The summed E-state index contributed by atoms with van der Waals surface area (Å²) in [5.41, 5.74) is 2.66. The molecule has 3 aromatic rings. The van der Waals surface area contributed by atoms with E-state index < -0.39 is 0 Å². The molecule has 0 bridgehead atoms. The highest BCUT2D eigenvalue weighted by Gasteiger charge is 2.09. The van der Waals surface area contributed by atoms with E-state index in [0.29, 0.717) is 28.9 Å². The molecule has 1 N–H and O–H groups in total. The number of benzene rings is 2. The molecule has 0 aliphatic heterocycles. The van der Waals surface area contributed by atoms with Crippen molar-refractivity contribution in [2.75, 3.05) is 11.9 Å². The molecule has 2 aromatic carbocycles. The Bertz CT molecular complexity index is 874. The first-order valence-corrected chi connectivity index (χ1v) is 8.17. The summed E-state index contributed by atoms with van der Waals surface area (Å²) in [5.74, 6) is 0.319. The number of nitrogens with zero attached hydrogens (tertiary/aromatic N) is 2. The van der Waals surface area contributed by atoms with E-state index in [9.17, 15) is 9.59 Å². The van der Waals surface area contributed by atoms with Gasteiger partial charge in [-0.3, -0.25) is 9.59 Å². The van der Waals surface area contributed by atoms with Crippen molar-refractivity contribution < 1.29 is 14.3 Å². The number of fused-ring (bicyclic) bond motifs is 1. The molecule has 3 rings (SSSR count). The van der Waals surface area contributed by atoms with Crippen LogP contribution in [-0.4, -0.2) is 27.0 Å². The van der Waals surface area contributed by atoms with E-state index >= 15 is 0 Å². The second-order valence-electron chi connectivity index (χ2n) is 5.08. The lowest BCUT2D eigenvalue weighted by molar-refractivity contribution is -0.118. The predicted octanol–water partition coefficient (Wildman–Crippen LogP) is 3.30. The molecule has 1 heterocycles. The fourth-order valence-electron chi connectivity index (χ4n) is 2.18. The average molecular weight is 341 g/mol. The molecule has 24 heavy (non-hydrogen) atoms. The van der Waals surface area contributed by atoms with Gasteiger partial charge in [0.15, 0.2) is 12.4 Å². The molecule has 7 heteroatoms. The van der Waals surface area contributed by atoms with Crippen LogP contribution in [0.5, 0.6) is 5.75 Å². The average Bonchev–Trinajstić information content (AvgIpc) is 3.09. The molecule has 0 atom stereocenters. The third kappa shape index (κ3) is 3.57. The number of rotatable bonds is 6. The van der Waals surface area contributed by atoms with Gasteiger partial charge >= 0.3 is 0 Å². The van der Waals surface area contributed by atoms with E-state index in [4.69, 9.17) is 4.74 Å². The lowest BCUT2D eigenvalue weighted by Gasteiger charge is -2.08. The fraction of sp³-hybridized carbons (Fsp3) is 0.176. The minimum atomic E-state index is -0.288. The molecule has 0 saturated carbocycles. The molecular formula is C17H15N3O3S. The Labute approximate surface area is 142 Å². The summed E-state index contributed by atoms with van der Waals surface area (Å²) >= 11 is 1.10. The predicted molar refractivity (Wildman–Crippen MR) is 92.6 cm³/mol. The minimum Gasteiger partial charge on any atom is -0.484 e. The summed E-state index contributed by atoms with van der Waals surface area (Å²) in [4.78, 5) is 23.6. The van der Waals surface area contributed by atoms with Crippen molar-refractivity contribution in [1.29, 1.82) is 0 Å². The van der Waals surface area contributed by atoms with Crippen LogP contribution >= 0.6 is 11.7 Å². The maximum Gasteiger partial charge on any atom is 0.262 e. The molecule has 0 aliphatic carbocycles. The van der Waals surface area contributed by atoms with Crippen LogP contribution in [0.25, 0.3) is 11.0 Å². The van der Waals surface area contributed by atoms with Crippen LogP contribution in [0.2, 0.25) is 0 Å². The van der Waals surface area contributed by atoms with Crippen molar-refractivity contribution in [3.63, 3.8) is 0 Å². The summed E-state index contributed by atoms with van der Waals surface area (Å²) in [6.07, 6.45) is 0.458. The monoisotopic (exact) mass is 341 g/mol. The van der Waals surface area contributed by atoms with E-state index in [0.717, 1.165) is 17.2 Å². The second-order valence-corrected chi connectivity index (χ2v) is 5.60. The summed E-state index contributed by atoms with van der Waals surface area (Å²) in [7, 11) is 0. The van der Waals surface area contributed by atoms with Crippen molar-refractivity contribution in [3.05, 3.63) is 48.0 Å². The summed E-state index contributed by atoms with van der Waals surface area (Å²) in [6, 6.07) is 12.2. The molecule has 1 aromatic heterocycles. The number of anilines is 1. The summed E-state index contributed by atoms with van der Waals surface area (Å²) < 4.78 is 13.7. The molecule has 0 aliphatic rings. The minimum absolute atomic E-state index is 0.0734. The highest BCUT2D eigenvalue weighted by molar-refractivity contribution is 7.00. The van der Waals surface area contributed by atoms with E-state index in [-0.39, 0.29) is 18.3 Å². The van der Waals surface area contributed by atoms with Crippen LogP contribution in [0.3, 0.4) is 0 Å². The Morgan fingerprint density at radius 1 is 1.12 bits per heavy atom. The number of carbonyl (C=O) groups is 2. The zero-order chi connectivity index (χ0) is 16.9. The van der Waals surface area contributed by atoms with E-state index in [1.807, 2.05) is 19.1 Å². The SMILES string of the molecule is CCC(=O)c1ccc(OCC(=O)Nc2cccc3nsnc23)cc1. The Kier molecular flexibility index (Phi) is 4.81. The van der Waals surface area contributed by atoms with Gasteiger partial charge in [-0.15, -0.1) is 0 Å². The zero-order valence-corrected chi connectivity index (χ0v) is 13.8. The molecule has 6 nitrogen and oxygen atoms in total. The third-order valence-corrected chi connectivity index (χ3v) is 3.97. The number of Topliss-reactive ketones (excluding diaryl/α,β-unsaturated/α-hetero) is 1. The lowest BCUT2D eigenvalue weighted by Crippen LogP contribution is -2.20. The van der Waals surface area contributed by atoms with Crippen LogP contribution in [0.15, 0.2) is 42.5 Å². The number of carbonyl (C=O) groups excluding carboxylic acids is 2. The van der Waals surface area contributed by atoms with Crippen molar-refractivity contribution in [3.8, 4) is 5.75 Å². The molecular weight excluding hydrogens is 326 g/mol. The molecule has 0 fully saturated rings. The standard InChI is InChI=1S/C17H15N3O3S/c1-2-15(21)11-6-8-12(9-7-11)23-10-16(22)18-13-4-3-5-14-17(13)20-24-19-14/h3-9H,2,10H2,1H3,(H,18,22). The van der Waals surface area contributed by atoms with Crippen molar-refractivity contribution in [2.45, 2.75) is 13.3 Å². The van der Waals surface area contributed by atoms with Gasteiger partial charge in [-0.05, 0) is 36.4 Å². The number of hydrogen-bond acceptors (Lipinski definition) is 6. The topological polar surface area (TPSA) is 81.2 Å². The van der Waals surface area contributed by atoms with Crippen LogP contribution in [0.1, 0.15) is 23.7 Å². The van der Waals surface area contributed by atoms with E-state index in [1.165, 1.54) is 0 Å². The second kappa shape index (κ2) is 7.18. The van der Waals surface area contributed by atoms with Crippen molar-refractivity contribution >= 4 is 40.1 Å². The van der Waals surface area contributed by atoms with Crippen LogP contribution < -0.4 is 10.1 Å². The number of ether oxygens (including phenoxy) is 1. The number of ketones is 1. The van der Waals surface area contributed by atoms with Gasteiger partial charge < -0.3 is 10.1 Å². The number of nitrogens with one attached hydrogen (secondary N) is 1. The van der Waals surface area contributed by atoms with Crippen molar-refractivity contribution in [2.24, 2.45) is 0 Å². The molecule has 122 valence electrons. The zero-order valence-electron chi connectivity index (χ0n) is 13.0. The Hall–Kier alpha value is -2.80. The first-order chi connectivity index (χ1) is 11.7. The Morgan fingerprint density at radius 3 is 2.67 bits per heavy atom. The summed E-state index contributed by atoms with van der Waals surface area (Å²) in [5, 5.41) is 2.77. The van der Waals surface area contributed by atoms with Gasteiger partial charge in [-0.25, -0.2) is 0 Å². The third-order valence-electron chi connectivity index (χ3n) is 3.43. The van der Waals surface area contributed by atoms with Crippen LogP contribution in [-0.2, 0) is 4.79 Å². The molecule has 0 unspecified atom stereocenters. The van der Waals surface area contributed by atoms with Gasteiger partial charge in [0.2, 0.25) is 0 Å². The molecule has 0 saturated heterocycles. The maximum atomic E-state index is 12.0. The number of hydrogen-bond donors (Lipinski definition) is 1. The quantitative estimate of drug-likeness (QED) is 0.696. The molecule has 0 spiro atoms. The van der Waals surface area contributed by atoms with Gasteiger partial charge in [0.25, 0.3) is 5.91 Å². The molecule has 1 amide bonds. The first kappa shape index (κ1) is 16.1. The Balaban J connectivity index is 1.59. The Morgan fingerprint density at radius 2 is 1.92 bits per heavy atom. The highest BCUT2D eigenvalue weighted by atomic mass is 32.1. The van der Waals surface area contributed by atoms with E-state index in [1.54, 1.807) is 30.3 Å². The van der Waals surface area contributed by atoms with Gasteiger partial charge in [-0.1, -0.05) is 13.0 Å². The number of amides is 1. The van der Waals surface area contributed by atoms with Gasteiger partial charge in [-0.2, -0.15) is 8.75 Å². The summed E-state index contributed by atoms with van der Waals surface area (Å²) in [6.45, 7) is 1.69. The van der Waals surface area contributed by atoms with Gasteiger partial charge in [0.05, 0.1) is 17.4 Å². The fourth-order valence-corrected chi connectivity index (χ4v) is 2.73. The van der Waals surface area contributed by atoms with Crippen LogP contribution in [0, 0.1) is 0 Å². The van der Waals surface area contributed by atoms with Crippen LogP contribution in [0.4, 0.5) is 5.69 Å².